The van der Waals surface area contributed by atoms with Crippen LogP contribution in [0.25, 0.3) is 0 Å². The van der Waals surface area contributed by atoms with Crippen LogP contribution in [0.15, 0.2) is 0 Å². The predicted molar refractivity (Wildman–Crippen MR) is 31.5 cm³/mol. The molecule has 2 N–H and O–H groups in total. The second-order valence-corrected chi connectivity index (χ2v) is 1.45. The Morgan fingerprint density at radius 2 is 2.44 bits per heavy atom. The number of carbonyl (C=O) groups excluding carboxylic acids is 1. The van der Waals surface area contributed by atoms with Crippen LogP contribution in [0, 0.1) is 0 Å². The monoisotopic (exact) mass is 133 g/mol. The third-order valence-electron chi connectivity index (χ3n) is 0.689. The lowest BCUT2D eigenvalue weighted by Gasteiger charge is -2.00. The Balaban J connectivity index is 2.97. The summed E-state index contributed by atoms with van der Waals surface area (Å²) in [5, 5.41) is 8.20. The highest BCUT2D eigenvalue weighted by Crippen LogP contribution is 1.77. The summed E-state index contributed by atoms with van der Waals surface area (Å²) >= 11 is 0. The standard InChI is InChI=1S/C5H11NO3/c1-2-5(8)9-6-3-4-7/h6-7H,2-4H2,1H3. The molecule has 0 bridgehead atoms. The van der Waals surface area contributed by atoms with Gasteiger partial charge in [0.25, 0.3) is 0 Å². The maximum absolute atomic E-state index is 10.3. The lowest BCUT2D eigenvalue weighted by atomic mass is 10.5. The number of nitrogens with one attached hydrogen (secondary N) is 1. The van der Waals surface area contributed by atoms with Gasteiger partial charge < -0.3 is 9.94 Å². The first kappa shape index (κ1) is 8.39. The zero-order chi connectivity index (χ0) is 7.11. The zero-order valence-electron chi connectivity index (χ0n) is 5.39. The van der Waals surface area contributed by atoms with E-state index in [1.54, 1.807) is 6.92 Å². The average molecular weight is 133 g/mol. The number of rotatable bonds is 4. The SMILES string of the molecule is CCC(=O)ONCCO. The van der Waals surface area contributed by atoms with Crippen molar-refractivity contribution in [2.45, 2.75) is 13.3 Å². The lowest BCUT2D eigenvalue weighted by Crippen LogP contribution is -2.22. The molecule has 0 fully saturated rings. The smallest absolute Gasteiger partial charge is 0.324 e. The normalized spacial score (nSPS) is 9.11. The lowest BCUT2D eigenvalue weighted by molar-refractivity contribution is -0.150. The molecule has 9 heavy (non-hydrogen) atoms. The molecule has 0 saturated carbocycles. The molecule has 0 amide bonds. The van der Waals surface area contributed by atoms with Crippen molar-refractivity contribution in [3.8, 4) is 0 Å². The summed E-state index contributed by atoms with van der Waals surface area (Å²) in [5.41, 5.74) is 2.29. The van der Waals surface area contributed by atoms with Crippen LogP contribution in [-0.2, 0) is 9.63 Å². The number of carbonyl (C=O) groups is 1. The van der Waals surface area contributed by atoms with Crippen molar-refractivity contribution in [3.05, 3.63) is 0 Å². The Kier molecular flexibility index (Phi) is 5.15. The first-order valence-corrected chi connectivity index (χ1v) is 2.84. The van der Waals surface area contributed by atoms with Gasteiger partial charge in [0.05, 0.1) is 13.2 Å². The van der Waals surface area contributed by atoms with Crippen LogP contribution in [-0.4, -0.2) is 24.2 Å². The van der Waals surface area contributed by atoms with Gasteiger partial charge in [-0.1, -0.05) is 6.92 Å². The molecule has 0 radical (unpaired) electrons. The molecule has 0 aromatic carbocycles. The summed E-state index contributed by atoms with van der Waals surface area (Å²) in [6.45, 7) is 1.95. The minimum absolute atomic E-state index is 0.0308. The van der Waals surface area contributed by atoms with Crippen molar-refractivity contribution in [3.63, 3.8) is 0 Å². The van der Waals surface area contributed by atoms with Gasteiger partial charge in [-0.25, -0.2) is 0 Å². The van der Waals surface area contributed by atoms with Crippen LogP contribution < -0.4 is 5.48 Å². The minimum Gasteiger partial charge on any atom is -0.395 e. The summed E-state index contributed by atoms with van der Waals surface area (Å²) < 4.78 is 0. The van der Waals surface area contributed by atoms with Gasteiger partial charge in [0.2, 0.25) is 0 Å². The molecule has 0 spiro atoms. The number of hydroxylamine groups is 1. The Labute approximate surface area is 53.8 Å². The first-order valence-electron chi connectivity index (χ1n) is 2.84. The largest absolute Gasteiger partial charge is 0.395 e. The van der Waals surface area contributed by atoms with E-state index in [2.05, 4.69) is 10.3 Å². The van der Waals surface area contributed by atoms with E-state index in [-0.39, 0.29) is 19.1 Å². The van der Waals surface area contributed by atoms with E-state index in [0.717, 1.165) is 0 Å². The maximum Gasteiger partial charge on any atom is 0.324 e. The summed E-state index contributed by atoms with van der Waals surface area (Å²) in [6.07, 6.45) is 0.346. The highest BCUT2D eigenvalue weighted by Gasteiger charge is 1.94. The molecule has 54 valence electrons. The highest BCUT2D eigenvalue weighted by atomic mass is 16.7. The molecule has 4 nitrogen and oxygen atoms in total. The molecule has 0 aromatic heterocycles. The van der Waals surface area contributed by atoms with Gasteiger partial charge >= 0.3 is 5.97 Å². The molecule has 0 aromatic rings. The van der Waals surface area contributed by atoms with E-state index < -0.39 is 0 Å². The van der Waals surface area contributed by atoms with E-state index in [0.29, 0.717) is 6.42 Å². The van der Waals surface area contributed by atoms with Gasteiger partial charge in [0.15, 0.2) is 0 Å². The maximum atomic E-state index is 10.3. The Morgan fingerprint density at radius 1 is 1.78 bits per heavy atom. The van der Waals surface area contributed by atoms with Crippen molar-refractivity contribution in [2.24, 2.45) is 0 Å². The molecule has 0 heterocycles. The van der Waals surface area contributed by atoms with Gasteiger partial charge in [-0.3, -0.25) is 4.79 Å². The molecule has 0 aliphatic rings. The van der Waals surface area contributed by atoms with Crippen molar-refractivity contribution >= 4 is 5.97 Å². The second kappa shape index (κ2) is 5.53. The Bertz CT molecular complexity index is 84.3. The number of hydrogen-bond donors (Lipinski definition) is 2. The fraction of sp³-hybridized carbons (Fsp3) is 0.800. The quantitative estimate of drug-likeness (QED) is 0.398. The van der Waals surface area contributed by atoms with E-state index in [4.69, 9.17) is 5.11 Å². The van der Waals surface area contributed by atoms with Crippen molar-refractivity contribution in [2.75, 3.05) is 13.2 Å². The van der Waals surface area contributed by atoms with Crippen LogP contribution in [0.3, 0.4) is 0 Å². The van der Waals surface area contributed by atoms with Crippen LogP contribution in [0.1, 0.15) is 13.3 Å². The van der Waals surface area contributed by atoms with Gasteiger partial charge in [-0.05, 0) is 0 Å². The van der Waals surface area contributed by atoms with Crippen LogP contribution in [0.2, 0.25) is 0 Å². The van der Waals surface area contributed by atoms with Gasteiger partial charge in [0.1, 0.15) is 0 Å². The van der Waals surface area contributed by atoms with Crippen LogP contribution >= 0.6 is 0 Å². The Hall–Kier alpha value is -0.610. The number of aliphatic hydroxyl groups is 1. The van der Waals surface area contributed by atoms with Crippen molar-refractivity contribution < 1.29 is 14.7 Å². The molecular formula is C5H11NO3. The highest BCUT2D eigenvalue weighted by molar-refractivity contribution is 5.68. The van der Waals surface area contributed by atoms with Crippen LogP contribution in [0.5, 0.6) is 0 Å². The first-order chi connectivity index (χ1) is 4.31. The van der Waals surface area contributed by atoms with E-state index >= 15 is 0 Å². The fourth-order valence-electron chi connectivity index (χ4n) is 0.249. The van der Waals surface area contributed by atoms with Gasteiger partial charge in [-0.15, -0.1) is 0 Å². The number of hydrogen-bond acceptors (Lipinski definition) is 4. The molecule has 0 atom stereocenters. The Morgan fingerprint density at radius 3 is 2.89 bits per heavy atom. The van der Waals surface area contributed by atoms with Crippen molar-refractivity contribution in [1.82, 2.24) is 5.48 Å². The van der Waals surface area contributed by atoms with Crippen LogP contribution in [0.4, 0.5) is 0 Å². The summed E-state index contributed by atoms with van der Waals surface area (Å²) in [5.74, 6) is -0.316. The minimum atomic E-state index is -0.316. The summed E-state index contributed by atoms with van der Waals surface area (Å²) in [4.78, 5) is 14.7. The second-order valence-electron chi connectivity index (χ2n) is 1.45. The molecule has 4 heteroatoms. The topological polar surface area (TPSA) is 58.6 Å². The molecule has 0 aliphatic heterocycles. The van der Waals surface area contributed by atoms with E-state index in [9.17, 15) is 4.79 Å². The summed E-state index contributed by atoms with van der Waals surface area (Å²) in [6, 6.07) is 0. The third-order valence-corrected chi connectivity index (χ3v) is 0.689. The average Bonchev–Trinajstić information content (AvgIpc) is 1.89. The van der Waals surface area contributed by atoms with E-state index in [1.165, 1.54) is 0 Å². The van der Waals surface area contributed by atoms with E-state index in [1.807, 2.05) is 0 Å². The van der Waals surface area contributed by atoms with Gasteiger partial charge in [0, 0.05) is 6.42 Å². The molecule has 0 aliphatic carbocycles. The molecule has 0 rings (SSSR count). The van der Waals surface area contributed by atoms with Gasteiger partial charge in [-0.2, -0.15) is 5.48 Å². The number of aliphatic hydroxyl groups excluding tert-OH is 1. The molecule has 0 unspecified atom stereocenters. The third kappa shape index (κ3) is 5.26. The molecule has 0 saturated heterocycles. The predicted octanol–water partition coefficient (Wildman–Crippen LogP) is -0.564. The fourth-order valence-corrected chi connectivity index (χ4v) is 0.249. The zero-order valence-corrected chi connectivity index (χ0v) is 5.39. The summed E-state index contributed by atoms with van der Waals surface area (Å²) in [7, 11) is 0. The van der Waals surface area contributed by atoms with Crippen molar-refractivity contribution in [1.29, 1.82) is 0 Å². The molecular weight excluding hydrogens is 122 g/mol.